The van der Waals surface area contributed by atoms with Crippen molar-refractivity contribution in [2.24, 2.45) is 11.3 Å². The van der Waals surface area contributed by atoms with Crippen LogP contribution in [0.2, 0.25) is 0 Å². The van der Waals surface area contributed by atoms with E-state index in [1.807, 2.05) is 5.38 Å². The van der Waals surface area contributed by atoms with E-state index in [9.17, 15) is 9.18 Å². The Bertz CT molecular complexity index is 795. The highest BCUT2D eigenvalue weighted by atomic mass is 32.1. The summed E-state index contributed by atoms with van der Waals surface area (Å²) in [4.78, 5) is 16.9. The van der Waals surface area contributed by atoms with Gasteiger partial charge in [0.25, 0.3) is 0 Å². The van der Waals surface area contributed by atoms with E-state index < -0.39 is 0 Å². The minimum Gasteiger partial charge on any atom is -0.486 e. The van der Waals surface area contributed by atoms with Crippen LogP contribution in [0, 0.1) is 17.2 Å². The molecule has 158 valence electrons. The third-order valence-electron chi connectivity index (χ3n) is 6.23. The molecule has 0 aliphatic heterocycles. The molecule has 0 saturated heterocycles. The van der Waals surface area contributed by atoms with Crippen LogP contribution in [-0.4, -0.2) is 16.9 Å². The number of benzene rings is 1. The van der Waals surface area contributed by atoms with Crippen molar-refractivity contribution < 1.29 is 13.9 Å². The average Bonchev–Trinajstić information content (AvgIpc) is 3.15. The van der Waals surface area contributed by atoms with Crippen LogP contribution in [0.4, 0.5) is 4.39 Å². The van der Waals surface area contributed by atoms with Crippen molar-refractivity contribution >= 4 is 17.2 Å². The predicted molar refractivity (Wildman–Crippen MR) is 115 cm³/mol. The Kier molecular flexibility index (Phi) is 7.28. The summed E-state index contributed by atoms with van der Waals surface area (Å²) < 4.78 is 18.5. The van der Waals surface area contributed by atoms with Crippen LogP contribution in [-0.2, 0) is 17.8 Å². The molecule has 1 N–H and O–H groups in total. The SMILES string of the molecule is CCC(C)(C)C1CCC(NC(=O)Cc2csc(COc3ccc(F)cc3)n2)CC1. The van der Waals surface area contributed by atoms with Gasteiger partial charge in [-0.3, -0.25) is 4.79 Å². The van der Waals surface area contributed by atoms with Crippen LogP contribution in [0.1, 0.15) is 63.6 Å². The summed E-state index contributed by atoms with van der Waals surface area (Å²) in [5.41, 5.74) is 1.16. The number of aromatic nitrogens is 1. The van der Waals surface area contributed by atoms with Crippen molar-refractivity contribution in [2.45, 2.75) is 71.9 Å². The summed E-state index contributed by atoms with van der Waals surface area (Å²) in [5.74, 6) is 1.10. The van der Waals surface area contributed by atoms with E-state index >= 15 is 0 Å². The highest BCUT2D eigenvalue weighted by Gasteiger charge is 2.32. The standard InChI is InChI=1S/C23H31FN2O2S/c1-4-23(2,3)16-5-9-18(10-6-16)25-21(27)13-19-15-29-22(26-19)14-28-20-11-7-17(24)8-12-20/h7-8,11-12,15-16,18H,4-6,9-10,13-14H2,1-3H3,(H,25,27). The van der Waals surface area contributed by atoms with Gasteiger partial charge in [-0.15, -0.1) is 11.3 Å². The van der Waals surface area contributed by atoms with Crippen molar-refractivity contribution in [1.82, 2.24) is 10.3 Å². The first-order valence-electron chi connectivity index (χ1n) is 10.5. The van der Waals surface area contributed by atoms with Crippen molar-refractivity contribution in [3.05, 3.63) is 46.2 Å². The number of hydrogen-bond donors (Lipinski definition) is 1. The number of ether oxygens (including phenoxy) is 1. The molecule has 1 amide bonds. The van der Waals surface area contributed by atoms with Gasteiger partial charge in [-0.1, -0.05) is 27.2 Å². The summed E-state index contributed by atoms with van der Waals surface area (Å²) in [6.45, 7) is 7.29. The molecule has 2 aromatic rings. The van der Waals surface area contributed by atoms with E-state index in [2.05, 4.69) is 31.1 Å². The highest BCUT2D eigenvalue weighted by Crippen LogP contribution is 2.40. The first-order chi connectivity index (χ1) is 13.9. The van der Waals surface area contributed by atoms with Crippen LogP contribution in [0.3, 0.4) is 0 Å². The lowest BCUT2D eigenvalue weighted by molar-refractivity contribution is -0.121. The minimum absolute atomic E-state index is 0.0412. The summed E-state index contributed by atoms with van der Waals surface area (Å²) in [6, 6.07) is 6.19. The molecule has 0 unspecified atom stereocenters. The molecule has 0 atom stereocenters. The maximum Gasteiger partial charge on any atom is 0.226 e. The molecule has 1 aromatic heterocycles. The van der Waals surface area contributed by atoms with Gasteiger partial charge in [-0.2, -0.15) is 0 Å². The lowest BCUT2D eigenvalue weighted by Gasteiger charge is -2.39. The van der Waals surface area contributed by atoms with Crippen LogP contribution in [0.15, 0.2) is 29.6 Å². The molecule has 3 rings (SSSR count). The number of halogens is 1. The van der Waals surface area contributed by atoms with Gasteiger partial charge in [0, 0.05) is 11.4 Å². The zero-order valence-electron chi connectivity index (χ0n) is 17.5. The normalized spacial score (nSPS) is 19.7. The van der Waals surface area contributed by atoms with Crippen molar-refractivity contribution in [3.63, 3.8) is 0 Å². The smallest absolute Gasteiger partial charge is 0.226 e. The summed E-state index contributed by atoms with van der Waals surface area (Å²) in [6.07, 6.45) is 6.00. The fourth-order valence-corrected chi connectivity index (χ4v) is 4.63. The molecule has 29 heavy (non-hydrogen) atoms. The van der Waals surface area contributed by atoms with Crippen molar-refractivity contribution in [3.8, 4) is 5.75 Å². The van der Waals surface area contributed by atoms with Crippen LogP contribution in [0.5, 0.6) is 5.75 Å². The number of thiazole rings is 1. The highest BCUT2D eigenvalue weighted by molar-refractivity contribution is 7.09. The fourth-order valence-electron chi connectivity index (χ4n) is 3.92. The molecule has 1 aliphatic rings. The topological polar surface area (TPSA) is 51.2 Å². The number of nitrogens with one attached hydrogen (secondary N) is 1. The minimum atomic E-state index is -0.289. The monoisotopic (exact) mass is 418 g/mol. The number of amides is 1. The zero-order chi connectivity index (χ0) is 20.9. The molecule has 6 heteroatoms. The number of hydrogen-bond acceptors (Lipinski definition) is 4. The summed E-state index contributed by atoms with van der Waals surface area (Å²) >= 11 is 1.48. The second kappa shape index (κ2) is 9.70. The van der Waals surface area contributed by atoms with Crippen LogP contribution >= 0.6 is 11.3 Å². The Hall–Kier alpha value is -1.95. The Balaban J connectivity index is 1.42. The van der Waals surface area contributed by atoms with Gasteiger partial charge in [0.2, 0.25) is 5.91 Å². The predicted octanol–water partition coefficient (Wildman–Crippen LogP) is 5.51. The van der Waals surface area contributed by atoms with E-state index in [4.69, 9.17) is 4.74 Å². The largest absolute Gasteiger partial charge is 0.486 e. The van der Waals surface area contributed by atoms with Gasteiger partial charge in [0.1, 0.15) is 23.2 Å². The molecule has 0 bridgehead atoms. The summed E-state index contributed by atoms with van der Waals surface area (Å²) in [7, 11) is 0. The Labute approximate surface area is 176 Å². The lowest BCUT2D eigenvalue weighted by atomic mass is 9.69. The second-order valence-electron chi connectivity index (χ2n) is 8.61. The fraction of sp³-hybridized carbons (Fsp3) is 0.565. The molecule has 1 aliphatic carbocycles. The van der Waals surface area contributed by atoms with Gasteiger partial charge in [0.05, 0.1) is 12.1 Å². The average molecular weight is 419 g/mol. The van der Waals surface area contributed by atoms with E-state index in [0.717, 1.165) is 29.5 Å². The number of carbonyl (C=O) groups is 1. The van der Waals surface area contributed by atoms with Crippen molar-refractivity contribution in [1.29, 1.82) is 0 Å². The third kappa shape index (κ3) is 6.26. The molecule has 1 saturated carbocycles. The first-order valence-corrected chi connectivity index (χ1v) is 11.3. The van der Waals surface area contributed by atoms with Gasteiger partial charge in [-0.25, -0.2) is 9.37 Å². The number of nitrogens with zero attached hydrogens (tertiary/aromatic N) is 1. The molecular formula is C23H31FN2O2S. The zero-order valence-corrected chi connectivity index (χ0v) is 18.4. The van der Waals surface area contributed by atoms with Gasteiger partial charge < -0.3 is 10.1 Å². The molecule has 1 heterocycles. The molecular weight excluding hydrogens is 387 g/mol. The Morgan fingerprint density at radius 1 is 1.24 bits per heavy atom. The molecule has 1 fully saturated rings. The molecule has 0 radical (unpaired) electrons. The lowest BCUT2D eigenvalue weighted by Crippen LogP contribution is -2.40. The molecule has 4 nitrogen and oxygen atoms in total. The van der Waals surface area contributed by atoms with Crippen LogP contribution in [0.25, 0.3) is 0 Å². The second-order valence-corrected chi connectivity index (χ2v) is 9.55. The maximum atomic E-state index is 12.9. The van der Waals surface area contributed by atoms with E-state index in [1.54, 1.807) is 12.1 Å². The molecule has 1 aromatic carbocycles. The van der Waals surface area contributed by atoms with Crippen LogP contribution < -0.4 is 10.1 Å². The van der Waals surface area contributed by atoms with Gasteiger partial charge >= 0.3 is 0 Å². The first kappa shape index (κ1) is 21.8. The van der Waals surface area contributed by atoms with E-state index in [1.165, 1.54) is 42.7 Å². The maximum absolute atomic E-state index is 12.9. The number of carbonyl (C=O) groups excluding carboxylic acids is 1. The van der Waals surface area contributed by atoms with E-state index in [0.29, 0.717) is 24.2 Å². The number of rotatable bonds is 8. The Morgan fingerprint density at radius 3 is 2.59 bits per heavy atom. The Morgan fingerprint density at radius 2 is 1.93 bits per heavy atom. The quantitative estimate of drug-likeness (QED) is 0.614. The van der Waals surface area contributed by atoms with E-state index in [-0.39, 0.29) is 17.8 Å². The van der Waals surface area contributed by atoms with Crippen molar-refractivity contribution in [2.75, 3.05) is 0 Å². The van der Waals surface area contributed by atoms with Gasteiger partial charge in [0.15, 0.2) is 0 Å². The van der Waals surface area contributed by atoms with Gasteiger partial charge in [-0.05, 0) is 61.3 Å². The third-order valence-corrected chi connectivity index (χ3v) is 7.10. The summed E-state index contributed by atoms with van der Waals surface area (Å²) in [5, 5.41) is 5.90. The molecule has 0 spiro atoms.